The first kappa shape index (κ1) is 44.5. The van der Waals surface area contributed by atoms with Gasteiger partial charge in [-0.05, 0) is 26.8 Å². The number of benzene rings is 3. The Hall–Kier alpha value is -5.53. The largest absolute Gasteiger partial charge is 0.477 e. The highest BCUT2D eigenvalue weighted by Crippen LogP contribution is 2.47. The third-order valence-electron chi connectivity index (χ3n) is 9.29. The van der Waals surface area contributed by atoms with Crippen molar-refractivity contribution in [2.45, 2.75) is 53.2 Å². The average Bonchev–Trinajstić information content (AvgIpc) is 3.60. The number of ether oxygens (including phenoxy) is 1. The van der Waals surface area contributed by atoms with E-state index in [2.05, 4.69) is 25.8 Å². The van der Waals surface area contributed by atoms with Crippen molar-refractivity contribution in [3.63, 3.8) is 0 Å². The van der Waals surface area contributed by atoms with Gasteiger partial charge in [0.05, 0.1) is 0 Å². The normalized spacial score (nSPS) is 16.5. The number of rotatable bonds is 15. The molecule has 2 aromatic heterocycles. The first-order valence-electron chi connectivity index (χ1n) is 19.0. The van der Waals surface area contributed by atoms with Gasteiger partial charge < -0.3 is 31.0 Å². The lowest BCUT2D eigenvalue weighted by Gasteiger charge is -2.49. The fourth-order valence-corrected chi connectivity index (χ4v) is 11.1. The number of nitrogens with one attached hydrogen (secondary N) is 2. The van der Waals surface area contributed by atoms with E-state index >= 15 is 0 Å². The topological polar surface area (TPSA) is 198 Å². The van der Waals surface area contributed by atoms with Gasteiger partial charge in [-0.15, -0.1) is 23.5 Å². The number of carbonyl (C=O) groups excluding carboxylic acids is 3. The number of carboxylic acid groups (broad SMARTS) is 1. The van der Waals surface area contributed by atoms with Crippen molar-refractivity contribution in [3.8, 4) is 0 Å². The van der Waals surface area contributed by atoms with E-state index in [1.807, 2.05) is 91.0 Å². The van der Waals surface area contributed by atoms with Gasteiger partial charge in [-0.2, -0.15) is 0 Å². The molecule has 0 aliphatic carbocycles. The highest BCUT2D eigenvalue weighted by molar-refractivity contribution is 8.07. The van der Waals surface area contributed by atoms with E-state index in [9.17, 15) is 24.3 Å². The van der Waals surface area contributed by atoms with Crippen LogP contribution in [0.5, 0.6) is 0 Å². The molecule has 7 rings (SSSR count). The van der Waals surface area contributed by atoms with E-state index in [4.69, 9.17) is 26.9 Å². The molecule has 2 aliphatic heterocycles. The number of fused-ring (bicyclic) bond motifs is 1. The van der Waals surface area contributed by atoms with Crippen LogP contribution in [0, 0.1) is 0 Å². The van der Waals surface area contributed by atoms with Crippen LogP contribution in [0.15, 0.2) is 135 Å². The summed E-state index contributed by atoms with van der Waals surface area (Å²) in [5, 5.41) is 19.8. The van der Waals surface area contributed by atoms with Crippen LogP contribution in [0.2, 0.25) is 4.34 Å². The van der Waals surface area contributed by atoms with Crippen molar-refractivity contribution in [1.29, 1.82) is 0 Å². The molecule has 2 aliphatic rings. The summed E-state index contributed by atoms with van der Waals surface area (Å²) in [6, 6.07) is 28.9. The first-order chi connectivity index (χ1) is 29.8. The predicted octanol–water partition coefficient (Wildman–Crippen LogP) is 7.59. The number of halogens is 1. The van der Waals surface area contributed by atoms with Crippen LogP contribution in [0.25, 0.3) is 0 Å². The molecule has 5 aromatic rings. The fraction of sp³-hybridized carbons (Fsp3) is 0.233. The highest BCUT2D eigenvalue weighted by atomic mass is 35.5. The van der Waals surface area contributed by atoms with Gasteiger partial charge in [-0.1, -0.05) is 131 Å². The Kier molecular flexibility index (Phi) is 13.8. The van der Waals surface area contributed by atoms with Crippen molar-refractivity contribution in [3.05, 3.63) is 147 Å². The van der Waals surface area contributed by atoms with Gasteiger partial charge in [0.1, 0.15) is 32.7 Å². The van der Waals surface area contributed by atoms with Gasteiger partial charge in [0, 0.05) is 61.8 Å². The van der Waals surface area contributed by atoms with E-state index in [0.29, 0.717) is 38.8 Å². The fourth-order valence-electron chi connectivity index (χ4n) is 6.65. The lowest BCUT2D eigenvalue weighted by Crippen LogP contribution is -2.71. The second kappa shape index (κ2) is 19.2. The molecule has 0 unspecified atom stereocenters. The number of hydrogen-bond donors (Lipinski definition) is 4. The molecule has 0 saturated carbocycles. The Labute approximate surface area is 379 Å². The number of anilines is 1. The van der Waals surface area contributed by atoms with Crippen LogP contribution < -0.4 is 16.4 Å². The van der Waals surface area contributed by atoms with E-state index in [1.54, 1.807) is 39.2 Å². The Balaban J connectivity index is 1.14. The van der Waals surface area contributed by atoms with Crippen molar-refractivity contribution < 1.29 is 33.9 Å². The molecule has 320 valence electrons. The molecule has 1 fully saturated rings. The number of pyridine rings is 1. The van der Waals surface area contributed by atoms with Gasteiger partial charge >= 0.3 is 12.1 Å². The zero-order chi connectivity index (χ0) is 44.0. The number of aromatic nitrogens is 2. The summed E-state index contributed by atoms with van der Waals surface area (Å²) in [7, 11) is 0. The lowest BCUT2D eigenvalue weighted by molar-refractivity contribution is -0.150. The minimum absolute atomic E-state index is 0.0507. The van der Waals surface area contributed by atoms with Crippen LogP contribution >= 0.6 is 58.2 Å². The standard InChI is InChI=1S/C43H40ClN7O7S4/c1-42(2,3)57-41(56)47-21-22-59-28-19-20-46-23-29(28)61-30-24-60-38-33(37(53)51(38)34(30)39(54)55)48-36(52)32(31-35(44)62-40(45)49-31)50-58-43(25-13-7-4-8-14-25,26-15-9-5-10-16-26)27-17-11-6-12-18-27/h4-20,23,33,38H,21-22,24H2,1-3H3,(H2,45,49)(H,47,56)(H,48,52)(H,54,55)/b50-32-/t33-,38+/m1/s1. The number of nitrogen functional groups attached to an aromatic ring is 1. The van der Waals surface area contributed by atoms with Crippen molar-refractivity contribution >= 4 is 92.9 Å². The molecule has 62 heavy (non-hydrogen) atoms. The molecular formula is C43H40ClN7O7S4. The van der Waals surface area contributed by atoms with Crippen LogP contribution in [0.4, 0.5) is 9.93 Å². The second-order valence-electron chi connectivity index (χ2n) is 14.6. The van der Waals surface area contributed by atoms with Gasteiger partial charge in [0.15, 0.2) is 10.8 Å². The van der Waals surface area contributed by atoms with Crippen molar-refractivity contribution in [1.82, 2.24) is 25.5 Å². The van der Waals surface area contributed by atoms with Crippen molar-refractivity contribution in [2.24, 2.45) is 5.16 Å². The summed E-state index contributed by atoms with van der Waals surface area (Å²) in [6.07, 6.45) is 2.73. The summed E-state index contributed by atoms with van der Waals surface area (Å²) in [5.74, 6) is -2.03. The number of alkyl carbamates (subject to hydrolysis) is 1. The number of carboxylic acids is 1. The van der Waals surface area contributed by atoms with Crippen LogP contribution in [-0.2, 0) is 29.6 Å². The van der Waals surface area contributed by atoms with Crippen molar-refractivity contribution in [2.75, 3.05) is 23.8 Å². The van der Waals surface area contributed by atoms with Gasteiger partial charge in [-0.25, -0.2) is 14.6 Å². The monoisotopic (exact) mass is 929 g/mol. The highest BCUT2D eigenvalue weighted by Gasteiger charge is 2.55. The van der Waals surface area contributed by atoms with Crippen LogP contribution in [0.3, 0.4) is 0 Å². The number of amides is 3. The Morgan fingerprint density at radius 3 is 2.13 bits per heavy atom. The minimum Gasteiger partial charge on any atom is -0.477 e. The van der Waals surface area contributed by atoms with Gasteiger partial charge in [0.25, 0.3) is 11.8 Å². The summed E-state index contributed by atoms with van der Waals surface area (Å²) in [5.41, 5.74) is 5.60. The Morgan fingerprint density at radius 2 is 1.58 bits per heavy atom. The number of hydrogen-bond acceptors (Lipinski definition) is 14. The zero-order valence-corrected chi connectivity index (χ0v) is 37.5. The molecule has 14 nitrogen and oxygen atoms in total. The predicted molar refractivity (Wildman–Crippen MR) is 243 cm³/mol. The number of oxime groups is 1. The summed E-state index contributed by atoms with van der Waals surface area (Å²) >= 11 is 11.5. The SMILES string of the molecule is CC(C)(C)OC(=O)NCCSc1ccncc1SC1=C(C(=O)O)N2C(=O)[C@@H](NC(=O)/C(=N\OC(c3ccccc3)(c3ccccc3)c3ccccc3)c3nc(N)sc3Cl)[C@@H]2SC1. The first-order valence-corrected chi connectivity index (χ1v) is 23.1. The number of nitrogens with zero attached hydrogens (tertiary/aromatic N) is 4. The lowest BCUT2D eigenvalue weighted by atomic mass is 9.80. The van der Waals surface area contributed by atoms with Crippen LogP contribution in [-0.4, -0.2) is 84.6 Å². The third-order valence-corrected chi connectivity index (χ3v) is 14.2. The third kappa shape index (κ3) is 9.74. The van der Waals surface area contributed by atoms with Gasteiger partial charge in [-0.3, -0.25) is 19.5 Å². The molecule has 3 aromatic carbocycles. The van der Waals surface area contributed by atoms with E-state index in [-0.39, 0.29) is 32.3 Å². The zero-order valence-electron chi connectivity index (χ0n) is 33.4. The molecule has 0 radical (unpaired) electrons. The molecule has 2 atom stereocenters. The molecular weight excluding hydrogens is 890 g/mol. The molecule has 5 N–H and O–H groups in total. The Morgan fingerprint density at radius 1 is 0.968 bits per heavy atom. The smallest absolute Gasteiger partial charge is 0.407 e. The van der Waals surface area contributed by atoms with E-state index < -0.39 is 46.5 Å². The number of thiazole rings is 1. The molecule has 19 heteroatoms. The van der Waals surface area contributed by atoms with Crippen LogP contribution in [0.1, 0.15) is 43.2 Å². The number of β-lactam (4-membered cyclic amide) rings is 1. The van der Waals surface area contributed by atoms with E-state index in [0.717, 1.165) is 16.2 Å². The maximum Gasteiger partial charge on any atom is 0.407 e. The average molecular weight is 931 g/mol. The maximum atomic E-state index is 14.4. The minimum atomic E-state index is -1.37. The quantitative estimate of drug-likeness (QED) is 0.0200. The molecule has 3 amide bonds. The van der Waals surface area contributed by atoms with E-state index in [1.165, 1.54) is 40.2 Å². The molecule has 0 spiro atoms. The number of aliphatic carboxylic acids is 1. The summed E-state index contributed by atoms with van der Waals surface area (Å²) in [4.78, 5) is 71.5. The molecule has 1 saturated heterocycles. The number of nitrogens with two attached hydrogens (primary N) is 1. The Bertz CT molecular complexity index is 2420. The molecule has 0 bridgehead atoms. The maximum absolute atomic E-state index is 14.4. The number of carbonyl (C=O) groups is 4. The second-order valence-corrected chi connectivity index (χ2v) is 19.6. The molecule has 4 heterocycles. The summed E-state index contributed by atoms with van der Waals surface area (Å²) < 4.78 is 5.37. The van der Waals surface area contributed by atoms with Gasteiger partial charge in [0.2, 0.25) is 5.60 Å². The number of thioether (sulfide) groups is 3. The summed E-state index contributed by atoms with van der Waals surface area (Å²) in [6.45, 7) is 5.68.